The van der Waals surface area contributed by atoms with E-state index in [0.29, 0.717) is 33.8 Å². The lowest BCUT2D eigenvalue weighted by Gasteiger charge is -2.21. The highest BCUT2D eigenvalue weighted by molar-refractivity contribution is 6.42. The van der Waals surface area contributed by atoms with Crippen LogP contribution in [0.15, 0.2) is 42.5 Å². The highest BCUT2D eigenvalue weighted by Gasteiger charge is 2.09. The summed E-state index contributed by atoms with van der Waals surface area (Å²) in [5.41, 5.74) is 1.41. The number of hydrogen-bond donors (Lipinski definition) is 1. The van der Waals surface area contributed by atoms with Gasteiger partial charge in [-0.05, 0) is 61.8 Å². The van der Waals surface area contributed by atoms with Crippen molar-refractivity contribution < 1.29 is 14.3 Å². The molecule has 2 aromatic carbocycles. The van der Waals surface area contributed by atoms with E-state index in [2.05, 4.69) is 24.1 Å². The summed E-state index contributed by atoms with van der Waals surface area (Å²) in [7, 11) is 1.60. The van der Waals surface area contributed by atoms with E-state index >= 15 is 0 Å². The van der Waals surface area contributed by atoms with Crippen molar-refractivity contribution in [2.24, 2.45) is 0 Å². The van der Waals surface area contributed by atoms with Crippen LogP contribution in [0.4, 0.5) is 5.69 Å². The first kappa shape index (κ1) is 25.1. The lowest BCUT2D eigenvalue weighted by Crippen LogP contribution is -2.30. The van der Waals surface area contributed by atoms with Gasteiger partial charge in [-0.3, -0.25) is 9.69 Å². The molecule has 0 bridgehead atoms. The third-order valence-electron chi connectivity index (χ3n) is 4.55. The standard InChI is InChI=1S/C24H30Cl2N2O3/c1-4-12-28(13-5-2)14-15-31-23-17-19(8-10-22(23)30-3)27-24(29)11-7-18-6-9-20(25)21(26)16-18/h6-11,16-17H,4-5,12-15H2,1-3H3,(H,27,29). The second-order valence-corrected chi connectivity index (χ2v) is 7.87. The molecule has 0 spiro atoms. The number of nitrogens with zero attached hydrogens (tertiary/aromatic N) is 1. The van der Waals surface area contributed by atoms with Crippen molar-refractivity contribution in [2.45, 2.75) is 26.7 Å². The second-order valence-electron chi connectivity index (χ2n) is 7.05. The van der Waals surface area contributed by atoms with Crippen LogP contribution in [0.25, 0.3) is 6.08 Å². The number of carbonyl (C=O) groups excluding carboxylic acids is 1. The number of rotatable bonds is 12. The molecule has 1 amide bonds. The normalized spacial score (nSPS) is 11.2. The van der Waals surface area contributed by atoms with Gasteiger partial charge in [-0.15, -0.1) is 0 Å². The van der Waals surface area contributed by atoms with E-state index in [1.807, 2.05) is 0 Å². The number of ether oxygens (including phenoxy) is 2. The minimum Gasteiger partial charge on any atom is -0.493 e. The Bertz CT molecular complexity index is 881. The molecule has 0 aliphatic heterocycles. The van der Waals surface area contributed by atoms with E-state index in [1.165, 1.54) is 6.08 Å². The molecule has 31 heavy (non-hydrogen) atoms. The van der Waals surface area contributed by atoms with Crippen molar-refractivity contribution >= 4 is 40.9 Å². The fraction of sp³-hybridized carbons (Fsp3) is 0.375. The van der Waals surface area contributed by atoms with E-state index < -0.39 is 0 Å². The Morgan fingerprint density at radius 1 is 1.00 bits per heavy atom. The number of benzene rings is 2. The minimum atomic E-state index is -0.265. The van der Waals surface area contributed by atoms with Crippen molar-refractivity contribution in [3.8, 4) is 11.5 Å². The van der Waals surface area contributed by atoms with Crippen molar-refractivity contribution in [1.29, 1.82) is 0 Å². The van der Waals surface area contributed by atoms with Crippen molar-refractivity contribution in [2.75, 3.05) is 38.7 Å². The zero-order valence-electron chi connectivity index (χ0n) is 18.3. The number of halogens is 2. The summed E-state index contributed by atoms with van der Waals surface area (Å²) in [6.07, 6.45) is 5.34. The van der Waals surface area contributed by atoms with Crippen LogP contribution >= 0.6 is 23.2 Å². The van der Waals surface area contributed by atoms with Gasteiger partial charge in [0.25, 0.3) is 0 Å². The van der Waals surface area contributed by atoms with Crippen LogP contribution in [-0.4, -0.2) is 44.2 Å². The Balaban J connectivity index is 1.99. The Hall–Kier alpha value is -2.21. The molecule has 0 radical (unpaired) electrons. The number of hydrogen-bond acceptors (Lipinski definition) is 4. The third kappa shape index (κ3) is 8.44. The van der Waals surface area contributed by atoms with Crippen molar-refractivity contribution in [3.05, 3.63) is 58.1 Å². The van der Waals surface area contributed by atoms with E-state index in [-0.39, 0.29) is 5.91 Å². The van der Waals surface area contributed by atoms with Crippen molar-refractivity contribution in [3.63, 3.8) is 0 Å². The van der Waals surface area contributed by atoms with E-state index in [9.17, 15) is 4.79 Å². The first-order valence-electron chi connectivity index (χ1n) is 10.4. The molecular weight excluding hydrogens is 435 g/mol. The summed E-state index contributed by atoms with van der Waals surface area (Å²) in [6.45, 7) is 7.84. The monoisotopic (exact) mass is 464 g/mol. The molecule has 0 saturated heterocycles. The van der Waals surface area contributed by atoms with E-state index in [0.717, 1.165) is 38.0 Å². The number of amides is 1. The van der Waals surface area contributed by atoms with Gasteiger partial charge in [0.2, 0.25) is 5.91 Å². The van der Waals surface area contributed by atoms with Crippen LogP contribution in [-0.2, 0) is 4.79 Å². The van der Waals surface area contributed by atoms with Gasteiger partial charge in [-0.2, -0.15) is 0 Å². The van der Waals surface area contributed by atoms with Gasteiger partial charge in [-0.1, -0.05) is 43.1 Å². The van der Waals surface area contributed by atoms with Gasteiger partial charge in [0.05, 0.1) is 17.2 Å². The minimum absolute atomic E-state index is 0.265. The quantitative estimate of drug-likeness (QED) is 0.382. The molecule has 168 valence electrons. The average Bonchev–Trinajstić information content (AvgIpc) is 2.75. The van der Waals surface area contributed by atoms with Gasteiger partial charge in [0.1, 0.15) is 6.61 Å². The van der Waals surface area contributed by atoms with Crippen LogP contribution in [0.3, 0.4) is 0 Å². The highest BCUT2D eigenvalue weighted by atomic mass is 35.5. The maximum Gasteiger partial charge on any atom is 0.248 e. The molecule has 0 unspecified atom stereocenters. The molecule has 0 atom stereocenters. The predicted molar refractivity (Wildman–Crippen MR) is 130 cm³/mol. The second kappa shape index (κ2) is 13.3. The molecule has 7 heteroatoms. The fourth-order valence-corrected chi connectivity index (χ4v) is 3.40. The lowest BCUT2D eigenvalue weighted by atomic mass is 10.2. The zero-order valence-corrected chi connectivity index (χ0v) is 19.8. The van der Waals surface area contributed by atoms with E-state index in [1.54, 1.807) is 49.6 Å². The molecule has 1 N–H and O–H groups in total. The number of methoxy groups -OCH3 is 1. The molecule has 2 aromatic rings. The van der Waals surface area contributed by atoms with Crippen molar-refractivity contribution in [1.82, 2.24) is 4.90 Å². The van der Waals surface area contributed by atoms with Gasteiger partial charge >= 0.3 is 0 Å². The van der Waals surface area contributed by atoms with Crippen LogP contribution in [0.2, 0.25) is 10.0 Å². The summed E-state index contributed by atoms with van der Waals surface area (Å²) in [5.74, 6) is 0.961. The molecule has 0 fully saturated rings. The number of carbonyl (C=O) groups is 1. The highest BCUT2D eigenvalue weighted by Crippen LogP contribution is 2.30. The van der Waals surface area contributed by atoms with Gasteiger partial charge in [0, 0.05) is 24.4 Å². The predicted octanol–water partition coefficient (Wildman–Crippen LogP) is 6.15. The molecule has 5 nitrogen and oxygen atoms in total. The summed E-state index contributed by atoms with van der Waals surface area (Å²) in [4.78, 5) is 14.7. The van der Waals surface area contributed by atoms with Gasteiger partial charge < -0.3 is 14.8 Å². The smallest absolute Gasteiger partial charge is 0.248 e. The molecule has 0 aliphatic rings. The molecule has 0 saturated carbocycles. The van der Waals surface area contributed by atoms with E-state index in [4.69, 9.17) is 32.7 Å². The topological polar surface area (TPSA) is 50.8 Å². The summed E-state index contributed by atoms with van der Waals surface area (Å²) in [5, 5.41) is 3.75. The Kier molecular flexibility index (Phi) is 10.7. The molecular formula is C24H30Cl2N2O3. The van der Waals surface area contributed by atoms with Crippen LogP contribution in [0.1, 0.15) is 32.3 Å². The maximum absolute atomic E-state index is 12.3. The Labute approximate surface area is 194 Å². The van der Waals surface area contributed by atoms with Gasteiger partial charge in [0.15, 0.2) is 11.5 Å². The molecule has 0 aliphatic carbocycles. The first-order valence-corrected chi connectivity index (χ1v) is 11.2. The maximum atomic E-state index is 12.3. The third-order valence-corrected chi connectivity index (χ3v) is 5.29. The zero-order chi connectivity index (χ0) is 22.6. The van der Waals surface area contributed by atoms with Crippen LogP contribution in [0, 0.1) is 0 Å². The summed E-state index contributed by atoms with van der Waals surface area (Å²) >= 11 is 11.9. The average molecular weight is 465 g/mol. The Morgan fingerprint density at radius 2 is 1.74 bits per heavy atom. The van der Waals surface area contributed by atoms with Gasteiger partial charge in [-0.25, -0.2) is 0 Å². The first-order chi connectivity index (χ1) is 15.0. The van der Waals surface area contributed by atoms with Crippen LogP contribution in [0.5, 0.6) is 11.5 Å². The molecule has 0 aromatic heterocycles. The largest absolute Gasteiger partial charge is 0.493 e. The lowest BCUT2D eigenvalue weighted by molar-refractivity contribution is -0.111. The fourth-order valence-electron chi connectivity index (χ4n) is 3.09. The Morgan fingerprint density at radius 3 is 2.39 bits per heavy atom. The van der Waals surface area contributed by atoms with Crippen LogP contribution < -0.4 is 14.8 Å². The number of nitrogens with one attached hydrogen (secondary N) is 1. The summed E-state index contributed by atoms with van der Waals surface area (Å²) in [6, 6.07) is 10.5. The number of anilines is 1. The molecule has 2 rings (SSSR count). The summed E-state index contributed by atoms with van der Waals surface area (Å²) < 4.78 is 11.4. The molecule has 0 heterocycles. The SMILES string of the molecule is CCCN(CCC)CCOc1cc(NC(=O)C=Cc2ccc(Cl)c(Cl)c2)ccc1OC.